The highest BCUT2D eigenvalue weighted by Crippen LogP contribution is 2.33. The van der Waals surface area contributed by atoms with Crippen LogP contribution < -0.4 is 5.73 Å². The fourth-order valence-corrected chi connectivity index (χ4v) is 3.29. The van der Waals surface area contributed by atoms with E-state index in [1.54, 1.807) is 0 Å². The Morgan fingerprint density at radius 3 is 2.55 bits per heavy atom. The molecule has 0 spiro atoms. The molecule has 3 rings (SSSR count). The molecule has 2 N–H and O–H groups in total. The number of nitrogens with zero attached hydrogens (tertiary/aromatic N) is 1. The molecule has 1 amide bonds. The van der Waals surface area contributed by atoms with Gasteiger partial charge < -0.3 is 10.3 Å². The minimum atomic E-state index is -0.413. The number of hydrogen-bond acceptors (Lipinski definition) is 1. The van der Waals surface area contributed by atoms with Gasteiger partial charge in [0.15, 0.2) is 0 Å². The number of nitrogens with two attached hydrogens (primary N) is 1. The molecule has 0 aliphatic carbocycles. The van der Waals surface area contributed by atoms with E-state index in [1.165, 1.54) is 11.1 Å². The highest BCUT2D eigenvalue weighted by atomic mass is 79.9. The van der Waals surface area contributed by atoms with Crippen LogP contribution in [0, 0.1) is 6.92 Å². The third kappa shape index (κ3) is 1.83. The van der Waals surface area contributed by atoms with Crippen molar-refractivity contribution in [2.24, 2.45) is 5.73 Å². The SMILES string of the molecule is CCn1c2ccc(C)cc2c2cc(C(N)=O)c(Br)cc21. The molecule has 0 unspecified atom stereocenters. The van der Waals surface area contributed by atoms with Gasteiger partial charge in [-0.3, -0.25) is 4.79 Å². The zero-order valence-corrected chi connectivity index (χ0v) is 13.0. The molecule has 0 aliphatic rings. The normalized spacial score (nSPS) is 11.3. The molecule has 2 aromatic carbocycles. The molecule has 0 radical (unpaired) electrons. The van der Waals surface area contributed by atoms with Crippen LogP contribution in [0.4, 0.5) is 0 Å². The van der Waals surface area contributed by atoms with Gasteiger partial charge in [-0.15, -0.1) is 0 Å². The van der Waals surface area contributed by atoms with Crippen molar-refractivity contribution in [2.45, 2.75) is 20.4 Å². The van der Waals surface area contributed by atoms with Crippen LogP contribution in [0.1, 0.15) is 22.8 Å². The van der Waals surface area contributed by atoms with E-state index in [-0.39, 0.29) is 0 Å². The van der Waals surface area contributed by atoms with Crippen LogP contribution in [0.5, 0.6) is 0 Å². The van der Waals surface area contributed by atoms with Gasteiger partial charge in [-0.25, -0.2) is 0 Å². The molecule has 20 heavy (non-hydrogen) atoms. The lowest BCUT2D eigenvalue weighted by molar-refractivity contribution is 0.0999. The standard InChI is InChI=1S/C16H15BrN2O/c1-3-19-14-5-4-9(2)6-10(14)11-7-12(16(18)20)13(17)8-15(11)19/h4-8H,3H2,1-2H3,(H2,18,20). The number of aryl methyl sites for hydroxylation is 2. The maximum absolute atomic E-state index is 11.5. The van der Waals surface area contributed by atoms with Gasteiger partial charge >= 0.3 is 0 Å². The summed E-state index contributed by atoms with van der Waals surface area (Å²) in [7, 11) is 0. The van der Waals surface area contributed by atoms with Crippen molar-refractivity contribution in [1.29, 1.82) is 0 Å². The average Bonchev–Trinajstić information content (AvgIpc) is 2.69. The number of carbonyl (C=O) groups excluding carboxylic acids is 1. The van der Waals surface area contributed by atoms with Gasteiger partial charge in [0.1, 0.15) is 0 Å². The number of aromatic nitrogens is 1. The third-order valence-corrected chi connectivity index (χ3v) is 4.35. The highest BCUT2D eigenvalue weighted by molar-refractivity contribution is 9.10. The number of benzene rings is 2. The van der Waals surface area contributed by atoms with Gasteiger partial charge in [0.25, 0.3) is 0 Å². The van der Waals surface area contributed by atoms with Crippen molar-refractivity contribution in [3.63, 3.8) is 0 Å². The molecule has 3 aromatic rings. The molecule has 4 heteroatoms. The van der Waals surface area contributed by atoms with Crippen molar-refractivity contribution < 1.29 is 4.79 Å². The molecule has 0 saturated carbocycles. The Bertz CT molecular complexity index is 849. The number of hydrogen-bond donors (Lipinski definition) is 1. The third-order valence-electron chi connectivity index (χ3n) is 3.69. The first kappa shape index (κ1) is 13.2. The van der Waals surface area contributed by atoms with Gasteiger partial charge in [-0.05, 0) is 54.0 Å². The van der Waals surface area contributed by atoms with Crippen molar-refractivity contribution in [1.82, 2.24) is 4.57 Å². The summed E-state index contributed by atoms with van der Waals surface area (Å²) in [5.74, 6) is -0.413. The Morgan fingerprint density at radius 2 is 1.90 bits per heavy atom. The fraction of sp³-hybridized carbons (Fsp3) is 0.188. The summed E-state index contributed by atoms with van der Waals surface area (Å²) >= 11 is 3.44. The van der Waals surface area contributed by atoms with Crippen LogP contribution in [0.2, 0.25) is 0 Å². The van der Waals surface area contributed by atoms with Crippen molar-refractivity contribution >= 4 is 43.6 Å². The second kappa shape index (κ2) is 4.63. The second-order valence-corrected chi connectivity index (χ2v) is 5.83. The van der Waals surface area contributed by atoms with E-state index in [0.717, 1.165) is 27.3 Å². The molecular weight excluding hydrogens is 316 g/mol. The maximum atomic E-state index is 11.5. The molecule has 1 heterocycles. The average molecular weight is 331 g/mol. The molecule has 102 valence electrons. The molecular formula is C16H15BrN2O. The van der Waals surface area contributed by atoms with Gasteiger partial charge in [0.2, 0.25) is 5.91 Å². The van der Waals surface area contributed by atoms with Crippen molar-refractivity contribution in [3.8, 4) is 0 Å². The monoisotopic (exact) mass is 330 g/mol. The molecule has 1 aromatic heterocycles. The fourth-order valence-electron chi connectivity index (χ4n) is 2.76. The summed E-state index contributed by atoms with van der Waals surface area (Å²) in [4.78, 5) is 11.5. The van der Waals surface area contributed by atoms with Gasteiger partial charge in [-0.1, -0.05) is 11.6 Å². The van der Waals surface area contributed by atoms with Crippen LogP contribution in [0.25, 0.3) is 21.8 Å². The largest absolute Gasteiger partial charge is 0.366 e. The van der Waals surface area contributed by atoms with Crippen molar-refractivity contribution in [2.75, 3.05) is 0 Å². The zero-order valence-electron chi connectivity index (χ0n) is 11.4. The van der Waals surface area contributed by atoms with E-state index in [1.807, 2.05) is 12.1 Å². The van der Waals surface area contributed by atoms with Gasteiger partial charge in [-0.2, -0.15) is 0 Å². The van der Waals surface area contributed by atoms with Crippen LogP contribution in [-0.4, -0.2) is 10.5 Å². The molecule has 0 bridgehead atoms. The number of amides is 1. The number of fused-ring (bicyclic) bond motifs is 3. The Balaban J connectivity index is 2.53. The molecule has 0 atom stereocenters. The van der Waals surface area contributed by atoms with Crippen LogP contribution in [-0.2, 0) is 6.54 Å². The zero-order chi connectivity index (χ0) is 14.4. The molecule has 0 saturated heterocycles. The summed E-state index contributed by atoms with van der Waals surface area (Å²) in [6, 6.07) is 10.3. The Labute approximate surface area is 125 Å². The van der Waals surface area contributed by atoms with E-state index in [0.29, 0.717) is 5.56 Å². The Kier molecular flexibility index (Phi) is 3.05. The topological polar surface area (TPSA) is 48.0 Å². The maximum Gasteiger partial charge on any atom is 0.249 e. The van der Waals surface area contributed by atoms with Gasteiger partial charge in [0, 0.05) is 27.3 Å². The van der Waals surface area contributed by atoms with E-state index >= 15 is 0 Å². The van der Waals surface area contributed by atoms with Crippen LogP contribution >= 0.6 is 15.9 Å². The molecule has 0 aliphatic heterocycles. The first-order valence-electron chi connectivity index (χ1n) is 6.55. The van der Waals surface area contributed by atoms with Crippen LogP contribution in [0.15, 0.2) is 34.8 Å². The highest BCUT2D eigenvalue weighted by Gasteiger charge is 2.14. The summed E-state index contributed by atoms with van der Waals surface area (Å²) in [5, 5.41) is 2.24. The van der Waals surface area contributed by atoms with E-state index in [2.05, 4.69) is 52.5 Å². The lowest BCUT2D eigenvalue weighted by Crippen LogP contribution is -2.11. The minimum absolute atomic E-state index is 0.413. The first-order valence-corrected chi connectivity index (χ1v) is 7.34. The lowest BCUT2D eigenvalue weighted by atomic mass is 10.1. The summed E-state index contributed by atoms with van der Waals surface area (Å²) in [5.41, 5.74) is 9.47. The number of rotatable bonds is 2. The van der Waals surface area contributed by atoms with E-state index in [9.17, 15) is 4.79 Å². The predicted octanol–water partition coefficient (Wildman–Crippen LogP) is 3.98. The van der Waals surface area contributed by atoms with Crippen LogP contribution in [0.3, 0.4) is 0 Å². The lowest BCUT2D eigenvalue weighted by Gasteiger charge is -2.05. The van der Waals surface area contributed by atoms with E-state index < -0.39 is 5.91 Å². The van der Waals surface area contributed by atoms with E-state index in [4.69, 9.17) is 5.73 Å². The van der Waals surface area contributed by atoms with Crippen molar-refractivity contribution in [3.05, 3.63) is 45.9 Å². The number of primary amides is 1. The first-order chi connectivity index (χ1) is 9.52. The van der Waals surface area contributed by atoms with Gasteiger partial charge in [0.05, 0.1) is 11.1 Å². The Morgan fingerprint density at radius 1 is 1.20 bits per heavy atom. The molecule has 0 fully saturated rings. The summed E-state index contributed by atoms with van der Waals surface area (Å²) < 4.78 is 2.99. The Hall–Kier alpha value is -1.81. The minimum Gasteiger partial charge on any atom is -0.366 e. The summed E-state index contributed by atoms with van der Waals surface area (Å²) in [6.45, 7) is 5.07. The number of halogens is 1. The molecule has 3 nitrogen and oxygen atoms in total. The second-order valence-electron chi connectivity index (χ2n) is 4.98. The predicted molar refractivity (Wildman–Crippen MR) is 86.1 cm³/mol. The quantitative estimate of drug-likeness (QED) is 0.758. The number of carbonyl (C=O) groups is 1. The smallest absolute Gasteiger partial charge is 0.249 e. The summed E-state index contributed by atoms with van der Waals surface area (Å²) in [6.07, 6.45) is 0.